The van der Waals surface area contributed by atoms with E-state index in [2.05, 4.69) is 9.47 Å². The van der Waals surface area contributed by atoms with E-state index in [1.165, 1.54) is 14.2 Å². The Hall–Kier alpha value is -0.0600. The van der Waals surface area contributed by atoms with Gasteiger partial charge in [0.1, 0.15) is 0 Å². The Kier molecular flexibility index (Phi) is 9.89. The summed E-state index contributed by atoms with van der Waals surface area (Å²) in [7, 11) is 2.55. The Morgan fingerprint density at radius 1 is 1.00 bits per heavy atom. The van der Waals surface area contributed by atoms with Gasteiger partial charge in [-0.05, 0) is 0 Å². The molecule has 0 aliphatic heterocycles. The summed E-state index contributed by atoms with van der Waals surface area (Å²) in [4.78, 5) is 20.8. The van der Waals surface area contributed by atoms with Crippen molar-refractivity contribution < 1.29 is 19.1 Å². The Labute approximate surface area is 87.5 Å². The first-order chi connectivity index (χ1) is 4.70. The van der Waals surface area contributed by atoms with Crippen LogP contribution >= 0.6 is 0 Å². The zero-order chi connectivity index (χ0) is 7.98. The van der Waals surface area contributed by atoms with Crippen LogP contribution < -0.4 is 0 Å². The van der Waals surface area contributed by atoms with Crippen molar-refractivity contribution in [2.45, 2.75) is 12.8 Å². The number of carbonyl (C=O) groups is 2. The molecule has 0 spiro atoms. The Morgan fingerprint density at radius 3 is 1.45 bits per heavy atom. The van der Waals surface area contributed by atoms with Crippen molar-refractivity contribution in [3.63, 3.8) is 0 Å². The molecule has 0 aromatic heterocycles. The molecule has 0 amide bonds. The summed E-state index contributed by atoms with van der Waals surface area (Å²) in [6.07, 6.45) is 0.173. The molecule has 4 nitrogen and oxygen atoms in total. The van der Waals surface area contributed by atoms with E-state index in [1.807, 2.05) is 0 Å². The summed E-state index contributed by atoms with van der Waals surface area (Å²) in [6.45, 7) is 0. The average Bonchev–Trinajstić information content (AvgIpc) is 1.99. The van der Waals surface area contributed by atoms with Crippen molar-refractivity contribution in [3.05, 3.63) is 0 Å². The molecule has 0 aliphatic carbocycles. The fourth-order valence-corrected chi connectivity index (χ4v) is 0.408. The number of methoxy groups -OCH3 is 2. The van der Waals surface area contributed by atoms with Gasteiger partial charge in [0.25, 0.3) is 0 Å². The van der Waals surface area contributed by atoms with E-state index in [0.717, 1.165) is 0 Å². The minimum absolute atomic E-state index is 0. The molecule has 0 heterocycles. The standard InChI is InChI=1S/C6H10O4.Na.H/c1-9-5(7)3-4-6(8)10-2;;/h3-4H2,1-2H3;;. The van der Waals surface area contributed by atoms with Crippen molar-refractivity contribution in [2.24, 2.45) is 0 Å². The number of esters is 2. The van der Waals surface area contributed by atoms with Crippen LogP contribution in [0.2, 0.25) is 0 Å². The summed E-state index contributed by atoms with van der Waals surface area (Å²) >= 11 is 0. The van der Waals surface area contributed by atoms with Gasteiger partial charge in [0.2, 0.25) is 0 Å². The van der Waals surface area contributed by atoms with Crippen LogP contribution in [0.4, 0.5) is 0 Å². The summed E-state index contributed by atoms with van der Waals surface area (Å²) < 4.78 is 8.60. The van der Waals surface area contributed by atoms with Crippen LogP contribution in [0.1, 0.15) is 12.8 Å². The molecule has 0 saturated heterocycles. The van der Waals surface area contributed by atoms with E-state index in [0.29, 0.717) is 0 Å². The summed E-state index contributed by atoms with van der Waals surface area (Å²) in [5.74, 6) is -0.796. The van der Waals surface area contributed by atoms with Crippen molar-refractivity contribution in [3.8, 4) is 0 Å². The molecule has 0 aliphatic rings. The first-order valence-corrected chi connectivity index (χ1v) is 2.84. The third-order valence-electron chi connectivity index (χ3n) is 0.989. The molecule has 0 unspecified atom stereocenters. The molecule has 0 atom stereocenters. The van der Waals surface area contributed by atoms with Gasteiger partial charge in [-0.15, -0.1) is 0 Å². The van der Waals surface area contributed by atoms with Gasteiger partial charge in [-0.2, -0.15) is 0 Å². The molecular weight excluding hydrogens is 159 g/mol. The predicted octanol–water partition coefficient (Wildman–Crippen LogP) is -0.536. The van der Waals surface area contributed by atoms with Crippen LogP contribution in [0, 0.1) is 0 Å². The van der Waals surface area contributed by atoms with Crippen LogP contribution in [-0.2, 0) is 19.1 Å². The molecule has 0 aromatic carbocycles. The number of hydrogen-bond acceptors (Lipinski definition) is 4. The van der Waals surface area contributed by atoms with E-state index in [-0.39, 0.29) is 42.4 Å². The quantitative estimate of drug-likeness (QED) is 0.422. The van der Waals surface area contributed by atoms with Crippen molar-refractivity contribution >= 4 is 41.5 Å². The van der Waals surface area contributed by atoms with Crippen LogP contribution in [-0.4, -0.2) is 55.7 Å². The van der Waals surface area contributed by atoms with Gasteiger partial charge in [0.15, 0.2) is 0 Å². The molecule has 0 N–H and O–H groups in total. The number of carbonyl (C=O) groups excluding carboxylic acids is 2. The third kappa shape index (κ3) is 7.84. The van der Waals surface area contributed by atoms with Crippen LogP contribution in [0.25, 0.3) is 0 Å². The zero-order valence-electron chi connectivity index (χ0n) is 6.05. The molecule has 60 valence electrons. The van der Waals surface area contributed by atoms with Crippen LogP contribution in [0.5, 0.6) is 0 Å². The Bertz CT molecular complexity index is 119. The summed E-state index contributed by atoms with van der Waals surface area (Å²) in [5, 5.41) is 0. The van der Waals surface area contributed by atoms with Gasteiger partial charge in [-0.1, -0.05) is 0 Å². The Balaban J connectivity index is 0. The van der Waals surface area contributed by atoms with E-state index in [9.17, 15) is 9.59 Å². The van der Waals surface area contributed by atoms with Gasteiger partial charge in [0, 0.05) is 0 Å². The normalized spacial score (nSPS) is 7.82. The first-order valence-electron chi connectivity index (χ1n) is 2.84. The number of rotatable bonds is 3. The molecule has 0 aromatic rings. The van der Waals surface area contributed by atoms with E-state index < -0.39 is 11.9 Å². The molecule has 11 heavy (non-hydrogen) atoms. The maximum atomic E-state index is 10.4. The molecule has 5 heteroatoms. The SMILES string of the molecule is COC(=O)CCC(=O)OC.[NaH]. The van der Waals surface area contributed by atoms with E-state index in [1.54, 1.807) is 0 Å². The number of ether oxygens (including phenoxy) is 2. The van der Waals surface area contributed by atoms with Gasteiger partial charge in [-0.25, -0.2) is 0 Å². The molecule has 0 fully saturated rings. The molecular formula is C6H11NaO4. The first kappa shape index (κ1) is 13.5. The summed E-state index contributed by atoms with van der Waals surface area (Å²) in [6, 6.07) is 0. The molecule has 0 radical (unpaired) electrons. The van der Waals surface area contributed by atoms with Crippen LogP contribution in [0.15, 0.2) is 0 Å². The topological polar surface area (TPSA) is 52.6 Å². The van der Waals surface area contributed by atoms with E-state index in [4.69, 9.17) is 0 Å². The Morgan fingerprint density at radius 2 is 1.27 bits per heavy atom. The molecule has 0 saturated carbocycles. The average molecular weight is 170 g/mol. The fourth-order valence-electron chi connectivity index (χ4n) is 0.408. The predicted molar refractivity (Wildman–Crippen MR) is 40.4 cm³/mol. The second-order valence-electron chi connectivity index (χ2n) is 1.65. The number of hydrogen-bond donors (Lipinski definition) is 0. The third-order valence-corrected chi connectivity index (χ3v) is 0.989. The van der Waals surface area contributed by atoms with Gasteiger partial charge >= 0.3 is 41.5 Å². The molecule has 0 bridgehead atoms. The van der Waals surface area contributed by atoms with Crippen LogP contribution in [0.3, 0.4) is 0 Å². The van der Waals surface area contributed by atoms with Crippen molar-refractivity contribution in [2.75, 3.05) is 14.2 Å². The maximum absolute atomic E-state index is 10.4. The van der Waals surface area contributed by atoms with Gasteiger partial charge in [-0.3, -0.25) is 9.59 Å². The van der Waals surface area contributed by atoms with Crippen molar-refractivity contribution in [1.82, 2.24) is 0 Å². The second kappa shape index (κ2) is 8.04. The van der Waals surface area contributed by atoms with Gasteiger partial charge < -0.3 is 9.47 Å². The monoisotopic (exact) mass is 170 g/mol. The van der Waals surface area contributed by atoms with E-state index >= 15 is 0 Å². The fraction of sp³-hybridized carbons (Fsp3) is 0.667. The summed E-state index contributed by atoms with van der Waals surface area (Å²) in [5.41, 5.74) is 0. The molecule has 0 rings (SSSR count). The minimum atomic E-state index is -0.398. The second-order valence-corrected chi connectivity index (χ2v) is 1.65. The zero-order valence-corrected chi connectivity index (χ0v) is 6.05. The van der Waals surface area contributed by atoms with Crippen molar-refractivity contribution in [1.29, 1.82) is 0 Å². The van der Waals surface area contributed by atoms with Gasteiger partial charge in [0.05, 0.1) is 27.1 Å².